The number of ether oxygens (including phenoxy) is 1. The summed E-state index contributed by atoms with van der Waals surface area (Å²) in [6.07, 6.45) is 1.06. The maximum absolute atomic E-state index is 6.08. The van der Waals surface area contributed by atoms with Gasteiger partial charge < -0.3 is 15.0 Å². The maximum Gasteiger partial charge on any atom is 0.201 e. The molecular formula is C13H16ClN3O. The van der Waals surface area contributed by atoms with E-state index in [1.807, 2.05) is 18.2 Å². The number of rotatable bonds is 1. The zero-order valence-corrected chi connectivity index (χ0v) is 11.2. The highest BCUT2D eigenvalue weighted by Gasteiger charge is 2.40. The number of nitrogens with zero attached hydrogens (tertiary/aromatic N) is 2. The van der Waals surface area contributed by atoms with Gasteiger partial charge in [0, 0.05) is 11.6 Å². The summed E-state index contributed by atoms with van der Waals surface area (Å²) >= 11 is 5.99. The van der Waals surface area contributed by atoms with Gasteiger partial charge in [0.2, 0.25) is 5.95 Å². The van der Waals surface area contributed by atoms with E-state index in [-0.39, 0.29) is 11.6 Å². The van der Waals surface area contributed by atoms with E-state index in [0.29, 0.717) is 11.0 Å². The van der Waals surface area contributed by atoms with Gasteiger partial charge in [-0.2, -0.15) is 0 Å². The molecule has 1 saturated heterocycles. The summed E-state index contributed by atoms with van der Waals surface area (Å²) in [6, 6.07) is 5.68. The average molecular weight is 266 g/mol. The van der Waals surface area contributed by atoms with Gasteiger partial charge >= 0.3 is 0 Å². The van der Waals surface area contributed by atoms with E-state index in [4.69, 9.17) is 22.1 Å². The summed E-state index contributed by atoms with van der Waals surface area (Å²) in [4.78, 5) is 4.40. The second-order valence-electron chi connectivity index (χ2n) is 5.06. The second kappa shape index (κ2) is 3.87. The molecule has 0 amide bonds. The Bertz CT molecular complexity index is 610. The van der Waals surface area contributed by atoms with Crippen molar-refractivity contribution in [2.75, 3.05) is 12.3 Å². The monoisotopic (exact) mass is 265 g/mol. The topological polar surface area (TPSA) is 53.1 Å². The molecule has 2 aromatic rings. The van der Waals surface area contributed by atoms with E-state index in [9.17, 15) is 0 Å². The standard InChI is InChI=1S/C13H16ClN3O/c1-8-13(2,5-6-18-8)17-11-4-3-9(14)7-10(11)16-12(17)15/h3-4,7-8H,5-6H2,1-2H3,(H2,15,16). The minimum atomic E-state index is -0.146. The van der Waals surface area contributed by atoms with Crippen LogP contribution in [-0.2, 0) is 10.3 Å². The molecule has 3 rings (SSSR count). The third-order valence-corrected chi connectivity index (χ3v) is 4.24. The van der Waals surface area contributed by atoms with Crippen LogP contribution >= 0.6 is 11.6 Å². The van der Waals surface area contributed by atoms with Crippen molar-refractivity contribution < 1.29 is 4.74 Å². The molecule has 96 valence electrons. The molecular weight excluding hydrogens is 250 g/mol. The van der Waals surface area contributed by atoms with Crippen molar-refractivity contribution >= 4 is 28.6 Å². The Balaban J connectivity index is 2.25. The summed E-state index contributed by atoms with van der Waals surface area (Å²) in [5.74, 6) is 0.520. The quantitative estimate of drug-likeness (QED) is 0.863. The molecule has 2 unspecified atom stereocenters. The van der Waals surface area contributed by atoms with Crippen LogP contribution in [0.4, 0.5) is 5.95 Å². The molecule has 0 radical (unpaired) electrons. The van der Waals surface area contributed by atoms with E-state index in [0.717, 1.165) is 24.1 Å². The van der Waals surface area contributed by atoms with E-state index < -0.39 is 0 Å². The molecule has 0 saturated carbocycles. The van der Waals surface area contributed by atoms with Gasteiger partial charge in [-0.3, -0.25) is 0 Å². The minimum absolute atomic E-state index is 0.118. The molecule has 1 aliphatic heterocycles. The van der Waals surface area contributed by atoms with E-state index in [1.54, 1.807) is 0 Å². The Hall–Kier alpha value is -1.26. The van der Waals surface area contributed by atoms with Gasteiger partial charge in [-0.15, -0.1) is 0 Å². The lowest BCUT2D eigenvalue weighted by Gasteiger charge is -2.31. The van der Waals surface area contributed by atoms with Crippen LogP contribution in [0.3, 0.4) is 0 Å². The van der Waals surface area contributed by atoms with Gasteiger partial charge in [-0.05, 0) is 38.5 Å². The molecule has 18 heavy (non-hydrogen) atoms. The smallest absolute Gasteiger partial charge is 0.201 e. The third kappa shape index (κ3) is 1.52. The van der Waals surface area contributed by atoms with Gasteiger partial charge in [-0.25, -0.2) is 4.98 Å². The zero-order valence-electron chi connectivity index (χ0n) is 10.5. The molecule has 1 aromatic carbocycles. The first-order valence-electron chi connectivity index (χ1n) is 6.08. The summed E-state index contributed by atoms with van der Waals surface area (Å²) in [5.41, 5.74) is 7.78. The average Bonchev–Trinajstić information content (AvgIpc) is 2.79. The Labute approximate surface area is 111 Å². The minimum Gasteiger partial charge on any atom is -0.376 e. The summed E-state index contributed by atoms with van der Waals surface area (Å²) < 4.78 is 7.77. The third-order valence-electron chi connectivity index (χ3n) is 4.01. The fourth-order valence-corrected chi connectivity index (χ4v) is 2.89. The van der Waals surface area contributed by atoms with Crippen molar-refractivity contribution in [1.29, 1.82) is 0 Å². The lowest BCUT2D eigenvalue weighted by molar-refractivity contribution is 0.0783. The van der Waals surface area contributed by atoms with Crippen molar-refractivity contribution in [3.05, 3.63) is 23.2 Å². The Morgan fingerprint density at radius 2 is 2.33 bits per heavy atom. The number of fused-ring (bicyclic) bond motifs is 1. The van der Waals surface area contributed by atoms with E-state index in [2.05, 4.69) is 23.4 Å². The lowest BCUT2D eigenvalue weighted by atomic mass is 9.94. The van der Waals surface area contributed by atoms with Crippen LogP contribution in [0.5, 0.6) is 0 Å². The van der Waals surface area contributed by atoms with Crippen LogP contribution in [0.1, 0.15) is 20.3 Å². The Morgan fingerprint density at radius 1 is 1.56 bits per heavy atom. The van der Waals surface area contributed by atoms with Crippen molar-refractivity contribution in [3.63, 3.8) is 0 Å². The first kappa shape index (κ1) is 11.8. The molecule has 1 aliphatic rings. The zero-order chi connectivity index (χ0) is 12.9. The first-order chi connectivity index (χ1) is 8.52. The van der Waals surface area contributed by atoms with Gasteiger partial charge in [0.05, 0.1) is 22.7 Å². The highest BCUT2D eigenvalue weighted by Crippen LogP contribution is 2.38. The van der Waals surface area contributed by atoms with Crippen LogP contribution < -0.4 is 5.73 Å². The molecule has 0 aliphatic carbocycles. The predicted octanol–water partition coefficient (Wildman–Crippen LogP) is 2.80. The van der Waals surface area contributed by atoms with Gasteiger partial charge in [0.15, 0.2) is 0 Å². The molecule has 0 spiro atoms. The Morgan fingerprint density at radius 3 is 3.00 bits per heavy atom. The molecule has 4 nitrogen and oxygen atoms in total. The largest absolute Gasteiger partial charge is 0.376 e. The normalized spacial score (nSPS) is 28.1. The molecule has 0 bridgehead atoms. The molecule has 1 fully saturated rings. The van der Waals surface area contributed by atoms with Crippen molar-refractivity contribution in [1.82, 2.24) is 9.55 Å². The molecule has 1 aromatic heterocycles. The van der Waals surface area contributed by atoms with Crippen molar-refractivity contribution in [2.45, 2.75) is 31.9 Å². The van der Waals surface area contributed by atoms with Gasteiger partial charge in [0.25, 0.3) is 0 Å². The summed E-state index contributed by atoms with van der Waals surface area (Å²) in [7, 11) is 0. The number of nitrogen functional groups attached to an aromatic ring is 1. The highest BCUT2D eigenvalue weighted by molar-refractivity contribution is 6.31. The van der Waals surface area contributed by atoms with E-state index >= 15 is 0 Å². The number of anilines is 1. The van der Waals surface area contributed by atoms with Gasteiger partial charge in [-0.1, -0.05) is 11.6 Å². The number of nitrogens with two attached hydrogens (primary N) is 1. The van der Waals surface area contributed by atoms with Crippen LogP contribution in [0.2, 0.25) is 5.02 Å². The van der Waals surface area contributed by atoms with Crippen molar-refractivity contribution in [2.24, 2.45) is 0 Å². The van der Waals surface area contributed by atoms with Gasteiger partial charge in [0.1, 0.15) is 0 Å². The summed E-state index contributed by atoms with van der Waals surface area (Å²) in [5, 5.41) is 0.674. The molecule has 5 heteroatoms. The van der Waals surface area contributed by atoms with Crippen LogP contribution in [-0.4, -0.2) is 22.3 Å². The lowest BCUT2D eigenvalue weighted by Crippen LogP contribution is -2.37. The predicted molar refractivity (Wildman–Crippen MR) is 72.8 cm³/mol. The summed E-state index contributed by atoms with van der Waals surface area (Å²) in [6.45, 7) is 5.00. The number of benzene rings is 1. The number of aromatic nitrogens is 2. The maximum atomic E-state index is 6.08. The number of hydrogen-bond acceptors (Lipinski definition) is 3. The number of halogens is 1. The SMILES string of the molecule is CC1OCCC1(C)n1c(N)nc2cc(Cl)ccc21. The highest BCUT2D eigenvalue weighted by atomic mass is 35.5. The van der Waals surface area contributed by atoms with Crippen LogP contribution in [0.15, 0.2) is 18.2 Å². The number of imidazole rings is 1. The fraction of sp³-hybridized carbons (Fsp3) is 0.462. The van der Waals surface area contributed by atoms with E-state index in [1.165, 1.54) is 0 Å². The molecule has 2 atom stereocenters. The molecule has 2 heterocycles. The second-order valence-corrected chi connectivity index (χ2v) is 5.50. The van der Waals surface area contributed by atoms with Crippen LogP contribution in [0, 0.1) is 0 Å². The Kier molecular flexibility index (Phi) is 2.54. The van der Waals surface area contributed by atoms with Crippen LogP contribution in [0.25, 0.3) is 11.0 Å². The number of hydrogen-bond donors (Lipinski definition) is 1. The fourth-order valence-electron chi connectivity index (χ4n) is 2.73. The molecule has 2 N–H and O–H groups in total. The first-order valence-corrected chi connectivity index (χ1v) is 6.46. The van der Waals surface area contributed by atoms with Crippen molar-refractivity contribution in [3.8, 4) is 0 Å².